The van der Waals surface area contributed by atoms with E-state index in [-0.39, 0.29) is 10.8 Å². The molecule has 1 saturated heterocycles. The molecule has 1 aliphatic heterocycles. The molecule has 7 heteroatoms. The molecule has 0 bridgehead atoms. The first-order chi connectivity index (χ1) is 12.0. The van der Waals surface area contributed by atoms with Crippen molar-refractivity contribution in [2.45, 2.75) is 44.4 Å². The van der Waals surface area contributed by atoms with E-state index in [0.717, 1.165) is 13.1 Å². The van der Waals surface area contributed by atoms with Gasteiger partial charge in [-0.15, -0.1) is 0 Å². The number of likely N-dealkylation sites (tertiary alicyclic amines) is 1. The van der Waals surface area contributed by atoms with Crippen molar-refractivity contribution in [1.29, 1.82) is 0 Å². The maximum atomic E-state index is 12.5. The number of rotatable bonds is 7. The SMILES string of the molecule is CCN(CC)S(=O)(=O)c1ccc(NC(=O)C[NH+]2CCCCCC2)cc1. The highest BCUT2D eigenvalue weighted by Gasteiger charge is 2.21. The van der Waals surface area contributed by atoms with Crippen molar-refractivity contribution in [3.63, 3.8) is 0 Å². The summed E-state index contributed by atoms with van der Waals surface area (Å²) in [7, 11) is -3.46. The summed E-state index contributed by atoms with van der Waals surface area (Å²) in [6.45, 7) is 7.09. The second-order valence-corrected chi connectivity index (χ2v) is 8.44. The molecule has 1 heterocycles. The molecule has 1 amide bonds. The molecule has 0 unspecified atom stereocenters. The summed E-state index contributed by atoms with van der Waals surface area (Å²) in [6.07, 6.45) is 4.88. The fraction of sp³-hybridized carbons (Fsp3) is 0.611. The van der Waals surface area contributed by atoms with E-state index in [1.807, 2.05) is 13.8 Å². The topological polar surface area (TPSA) is 70.9 Å². The molecule has 0 radical (unpaired) electrons. The van der Waals surface area contributed by atoms with E-state index < -0.39 is 10.0 Å². The highest BCUT2D eigenvalue weighted by atomic mass is 32.2. The third-order valence-corrected chi connectivity index (χ3v) is 6.77. The second-order valence-electron chi connectivity index (χ2n) is 6.50. The van der Waals surface area contributed by atoms with Gasteiger partial charge in [0.25, 0.3) is 5.91 Å². The molecule has 2 rings (SSSR count). The van der Waals surface area contributed by atoms with Crippen LogP contribution in [0.25, 0.3) is 0 Å². The predicted molar refractivity (Wildman–Crippen MR) is 99.2 cm³/mol. The van der Waals surface area contributed by atoms with Crippen molar-refractivity contribution < 1.29 is 18.1 Å². The monoisotopic (exact) mass is 368 g/mol. The van der Waals surface area contributed by atoms with E-state index >= 15 is 0 Å². The lowest BCUT2D eigenvalue weighted by molar-refractivity contribution is -0.890. The highest BCUT2D eigenvalue weighted by molar-refractivity contribution is 7.89. The zero-order valence-electron chi connectivity index (χ0n) is 15.3. The fourth-order valence-corrected chi connectivity index (χ4v) is 4.72. The normalized spacial score (nSPS) is 16.6. The summed E-state index contributed by atoms with van der Waals surface area (Å²) in [5.41, 5.74) is 0.637. The summed E-state index contributed by atoms with van der Waals surface area (Å²) in [5.74, 6) is -0.0174. The number of benzene rings is 1. The Hall–Kier alpha value is -1.44. The van der Waals surface area contributed by atoms with Gasteiger partial charge in [0.2, 0.25) is 10.0 Å². The number of carbonyl (C=O) groups is 1. The van der Waals surface area contributed by atoms with Crippen LogP contribution in [0.3, 0.4) is 0 Å². The summed E-state index contributed by atoms with van der Waals surface area (Å²) in [4.78, 5) is 13.8. The molecule has 6 nitrogen and oxygen atoms in total. The Labute approximate surface area is 151 Å². The highest BCUT2D eigenvalue weighted by Crippen LogP contribution is 2.18. The average molecular weight is 369 g/mol. The van der Waals surface area contributed by atoms with Gasteiger partial charge in [0.1, 0.15) is 0 Å². The molecule has 0 saturated carbocycles. The molecule has 1 fully saturated rings. The van der Waals surface area contributed by atoms with Crippen LogP contribution in [0.1, 0.15) is 39.5 Å². The van der Waals surface area contributed by atoms with E-state index in [4.69, 9.17) is 0 Å². The smallest absolute Gasteiger partial charge is 0.279 e. The van der Waals surface area contributed by atoms with Crippen LogP contribution < -0.4 is 10.2 Å². The molecule has 140 valence electrons. The van der Waals surface area contributed by atoms with Crippen LogP contribution in [-0.2, 0) is 14.8 Å². The van der Waals surface area contributed by atoms with E-state index in [2.05, 4.69) is 5.32 Å². The van der Waals surface area contributed by atoms with Crippen molar-refractivity contribution in [1.82, 2.24) is 4.31 Å². The quantitative estimate of drug-likeness (QED) is 0.758. The Kier molecular flexibility index (Phi) is 7.40. The molecular formula is C18H30N3O3S+. The van der Waals surface area contributed by atoms with Crippen LogP contribution in [0.2, 0.25) is 0 Å². The number of nitrogens with one attached hydrogen (secondary N) is 2. The fourth-order valence-electron chi connectivity index (χ4n) is 3.26. The van der Waals surface area contributed by atoms with Crippen molar-refractivity contribution in [3.05, 3.63) is 24.3 Å². The third-order valence-electron chi connectivity index (χ3n) is 4.70. The summed E-state index contributed by atoms with van der Waals surface area (Å²) >= 11 is 0. The molecule has 25 heavy (non-hydrogen) atoms. The predicted octanol–water partition coefficient (Wildman–Crippen LogP) is 1.11. The number of quaternary nitrogens is 1. The number of hydrogen-bond donors (Lipinski definition) is 2. The van der Waals surface area contributed by atoms with Gasteiger partial charge in [0.05, 0.1) is 18.0 Å². The molecular weight excluding hydrogens is 338 g/mol. The van der Waals surface area contributed by atoms with Crippen LogP contribution in [0.15, 0.2) is 29.2 Å². The Morgan fingerprint density at radius 2 is 1.60 bits per heavy atom. The van der Waals surface area contributed by atoms with Crippen LogP contribution in [0, 0.1) is 0 Å². The first-order valence-corrected chi connectivity index (χ1v) is 10.6. The van der Waals surface area contributed by atoms with E-state index in [1.165, 1.54) is 34.9 Å². The zero-order chi connectivity index (χ0) is 18.3. The van der Waals surface area contributed by atoms with E-state index in [1.54, 1.807) is 24.3 Å². The molecule has 1 aromatic rings. The number of sulfonamides is 1. The molecule has 0 aliphatic carbocycles. The minimum absolute atomic E-state index is 0.0174. The van der Waals surface area contributed by atoms with Crippen molar-refractivity contribution in [3.8, 4) is 0 Å². The van der Waals surface area contributed by atoms with Gasteiger partial charge in [-0.2, -0.15) is 4.31 Å². The second kappa shape index (κ2) is 9.31. The summed E-state index contributed by atoms with van der Waals surface area (Å²) in [6, 6.07) is 6.43. The lowest BCUT2D eigenvalue weighted by Crippen LogP contribution is -3.12. The Balaban J connectivity index is 1.96. The third kappa shape index (κ3) is 5.52. The lowest BCUT2D eigenvalue weighted by Gasteiger charge is -2.19. The van der Waals surface area contributed by atoms with Gasteiger partial charge in [0.15, 0.2) is 6.54 Å². The lowest BCUT2D eigenvalue weighted by atomic mass is 10.2. The van der Waals surface area contributed by atoms with Crippen molar-refractivity contribution in [2.24, 2.45) is 0 Å². The molecule has 2 N–H and O–H groups in total. The molecule has 1 aromatic carbocycles. The molecule has 1 aliphatic rings. The number of amides is 1. The first kappa shape index (κ1) is 19.9. The average Bonchev–Trinajstić information content (AvgIpc) is 2.84. The van der Waals surface area contributed by atoms with Crippen molar-refractivity contribution >= 4 is 21.6 Å². The maximum absolute atomic E-state index is 12.5. The van der Waals surface area contributed by atoms with Gasteiger partial charge in [-0.25, -0.2) is 8.42 Å². The molecule has 0 aromatic heterocycles. The van der Waals surface area contributed by atoms with Gasteiger partial charge in [-0.05, 0) is 49.9 Å². The van der Waals surface area contributed by atoms with Gasteiger partial charge in [-0.3, -0.25) is 4.79 Å². The van der Waals surface area contributed by atoms with Gasteiger partial charge >= 0.3 is 0 Å². The van der Waals surface area contributed by atoms with E-state index in [9.17, 15) is 13.2 Å². The number of carbonyl (C=O) groups excluding carboxylic acids is 1. The Bertz CT molecular complexity index is 647. The van der Waals surface area contributed by atoms with Crippen LogP contribution >= 0.6 is 0 Å². The summed E-state index contributed by atoms with van der Waals surface area (Å²) < 4.78 is 26.3. The Morgan fingerprint density at radius 3 is 2.12 bits per heavy atom. The van der Waals surface area contributed by atoms with Crippen LogP contribution in [0.5, 0.6) is 0 Å². The number of anilines is 1. The number of nitrogens with zero attached hydrogens (tertiary/aromatic N) is 1. The van der Waals surface area contributed by atoms with Gasteiger partial charge in [0, 0.05) is 18.8 Å². The Morgan fingerprint density at radius 1 is 1.04 bits per heavy atom. The van der Waals surface area contributed by atoms with Crippen molar-refractivity contribution in [2.75, 3.05) is 38.0 Å². The minimum Gasteiger partial charge on any atom is -0.327 e. The standard InChI is InChI=1S/C18H29N3O3S/c1-3-21(4-2)25(23,24)17-11-9-16(10-12-17)19-18(22)15-20-13-7-5-6-8-14-20/h9-12H,3-8,13-15H2,1-2H3,(H,19,22)/p+1. The molecule has 0 spiro atoms. The summed E-state index contributed by atoms with van der Waals surface area (Å²) in [5, 5.41) is 2.88. The van der Waals surface area contributed by atoms with Gasteiger partial charge in [-0.1, -0.05) is 13.8 Å². The minimum atomic E-state index is -3.46. The first-order valence-electron chi connectivity index (χ1n) is 9.21. The van der Waals surface area contributed by atoms with Crippen LogP contribution in [0.4, 0.5) is 5.69 Å². The zero-order valence-corrected chi connectivity index (χ0v) is 16.1. The molecule has 0 atom stereocenters. The number of hydrogen-bond acceptors (Lipinski definition) is 3. The van der Waals surface area contributed by atoms with E-state index in [0.29, 0.717) is 25.3 Å². The maximum Gasteiger partial charge on any atom is 0.279 e. The largest absolute Gasteiger partial charge is 0.327 e. The van der Waals surface area contributed by atoms with Gasteiger partial charge < -0.3 is 10.2 Å². The van der Waals surface area contributed by atoms with Crippen LogP contribution in [-0.4, -0.2) is 51.4 Å².